The van der Waals surface area contributed by atoms with Gasteiger partial charge in [0.1, 0.15) is 6.33 Å². The summed E-state index contributed by atoms with van der Waals surface area (Å²) >= 11 is 12.3. The molecule has 1 aromatic heterocycles. The zero-order valence-corrected chi connectivity index (χ0v) is 18.7. The second-order valence-corrected chi connectivity index (χ2v) is 8.51. The molecule has 6 nitrogen and oxygen atoms in total. The lowest BCUT2D eigenvalue weighted by atomic mass is 9.84. The maximum atomic E-state index is 11.6. The Morgan fingerprint density at radius 2 is 1.94 bits per heavy atom. The Kier molecular flexibility index (Phi) is 7.15. The number of ether oxygens (including phenoxy) is 1. The number of rotatable bonds is 8. The minimum atomic E-state index is -1.02. The molecule has 1 unspecified atom stereocenters. The third-order valence-corrected chi connectivity index (χ3v) is 5.74. The van der Waals surface area contributed by atoms with Crippen LogP contribution in [0.4, 0.5) is 0 Å². The molecule has 0 aliphatic heterocycles. The fraction of sp³-hybridized carbons (Fsp3) is 0.261. The molecule has 0 aliphatic carbocycles. The van der Waals surface area contributed by atoms with Crippen LogP contribution >= 0.6 is 23.2 Å². The Morgan fingerprint density at radius 1 is 1.16 bits per heavy atom. The summed E-state index contributed by atoms with van der Waals surface area (Å²) in [4.78, 5) is 20.1. The van der Waals surface area contributed by atoms with Crippen LogP contribution in [-0.2, 0) is 10.2 Å². The summed E-state index contributed by atoms with van der Waals surface area (Å²) in [5.74, 6) is -0.649. The molecule has 0 bridgehead atoms. The van der Waals surface area contributed by atoms with Gasteiger partial charge in [-0.3, -0.25) is 4.79 Å². The van der Waals surface area contributed by atoms with E-state index in [4.69, 9.17) is 33.7 Å². The van der Waals surface area contributed by atoms with Gasteiger partial charge in [0.25, 0.3) is 0 Å². The van der Waals surface area contributed by atoms with Gasteiger partial charge in [-0.15, -0.1) is 0 Å². The highest BCUT2D eigenvalue weighted by molar-refractivity contribution is 6.35. The first-order valence-electron chi connectivity index (χ1n) is 9.66. The lowest BCUT2D eigenvalue weighted by molar-refractivity contribution is -0.142. The Hall–Kier alpha value is -2.67. The summed E-state index contributed by atoms with van der Waals surface area (Å²) in [6, 6.07) is 14.3. The number of nitrogens with two attached hydrogens (primary N) is 1. The Balaban J connectivity index is 1.80. The normalized spacial score (nSPS) is 12.4. The predicted molar refractivity (Wildman–Crippen MR) is 122 cm³/mol. The number of aromatic nitrogens is 2. The Labute approximate surface area is 191 Å². The molecule has 162 valence electrons. The third-order valence-electron chi connectivity index (χ3n) is 5.18. The molecule has 0 saturated carbocycles. The SMILES string of the molecule is CC(C)(C(=O)O)c1cccc(-c2cc(OCC(CN)c3ccc(Cl)cc3Cl)ncn2)c1. The molecule has 3 rings (SSSR count). The summed E-state index contributed by atoms with van der Waals surface area (Å²) in [6.07, 6.45) is 1.41. The molecule has 2 aromatic carbocycles. The molecule has 3 aromatic rings. The van der Waals surface area contributed by atoms with Crippen LogP contribution in [0.3, 0.4) is 0 Å². The van der Waals surface area contributed by atoms with Crippen LogP contribution in [0.5, 0.6) is 5.88 Å². The van der Waals surface area contributed by atoms with Gasteiger partial charge in [-0.2, -0.15) is 0 Å². The van der Waals surface area contributed by atoms with E-state index in [0.29, 0.717) is 33.7 Å². The van der Waals surface area contributed by atoms with Crippen molar-refractivity contribution >= 4 is 29.2 Å². The highest BCUT2D eigenvalue weighted by Gasteiger charge is 2.29. The van der Waals surface area contributed by atoms with Crippen molar-refractivity contribution in [1.82, 2.24) is 9.97 Å². The molecular formula is C23H23Cl2N3O3. The van der Waals surface area contributed by atoms with E-state index in [1.807, 2.05) is 24.3 Å². The van der Waals surface area contributed by atoms with Crippen molar-refractivity contribution in [1.29, 1.82) is 0 Å². The maximum absolute atomic E-state index is 11.6. The second kappa shape index (κ2) is 9.64. The van der Waals surface area contributed by atoms with Crippen LogP contribution in [0.1, 0.15) is 30.9 Å². The molecule has 8 heteroatoms. The van der Waals surface area contributed by atoms with E-state index in [9.17, 15) is 9.90 Å². The number of hydrogen-bond donors (Lipinski definition) is 2. The van der Waals surface area contributed by atoms with Gasteiger partial charge in [0.2, 0.25) is 5.88 Å². The fourth-order valence-corrected chi connectivity index (χ4v) is 3.63. The Morgan fingerprint density at radius 3 is 2.61 bits per heavy atom. The number of nitrogens with zero attached hydrogens (tertiary/aromatic N) is 2. The number of benzene rings is 2. The molecule has 1 heterocycles. The molecule has 0 amide bonds. The first-order chi connectivity index (χ1) is 14.7. The molecule has 0 spiro atoms. The quantitative estimate of drug-likeness (QED) is 0.495. The highest BCUT2D eigenvalue weighted by atomic mass is 35.5. The van der Waals surface area contributed by atoms with E-state index < -0.39 is 11.4 Å². The summed E-state index contributed by atoms with van der Waals surface area (Å²) in [7, 11) is 0. The lowest BCUT2D eigenvalue weighted by Gasteiger charge is -2.20. The molecule has 0 saturated heterocycles. The van der Waals surface area contributed by atoms with Crippen molar-refractivity contribution in [3.63, 3.8) is 0 Å². The maximum Gasteiger partial charge on any atom is 0.313 e. The number of hydrogen-bond acceptors (Lipinski definition) is 5. The van der Waals surface area contributed by atoms with Gasteiger partial charge in [0, 0.05) is 34.1 Å². The highest BCUT2D eigenvalue weighted by Crippen LogP contribution is 2.30. The summed E-state index contributed by atoms with van der Waals surface area (Å²) < 4.78 is 5.88. The van der Waals surface area contributed by atoms with Crippen molar-refractivity contribution < 1.29 is 14.6 Å². The van der Waals surface area contributed by atoms with Gasteiger partial charge in [0.15, 0.2) is 0 Å². The number of carboxylic acid groups (broad SMARTS) is 1. The van der Waals surface area contributed by atoms with Crippen molar-refractivity contribution in [2.24, 2.45) is 5.73 Å². The van der Waals surface area contributed by atoms with Gasteiger partial charge in [0.05, 0.1) is 17.7 Å². The summed E-state index contributed by atoms with van der Waals surface area (Å²) in [5, 5.41) is 10.6. The van der Waals surface area contributed by atoms with Crippen LogP contribution in [0, 0.1) is 0 Å². The van der Waals surface area contributed by atoms with Crippen LogP contribution in [0.2, 0.25) is 10.0 Å². The number of halogens is 2. The van der Waals surface area contributed by atoms with Crippen molar-refractivity contribution in [3.8, 4) is 17.1 Å². The Bertz CT molecular complexity index is 1090. The van der Waals surface area contributed by atoms with Crippen molar-refractivity contribution in [2.45, 2.75) is 25.2 Å². The van der Waals surface area contributed by atoms with E-state index >= 15 is 0 Å². The van der Waals surface area contributed by atoms with Gasteiger partial charge < -0.3 is 15.6 Å². The fourth-order valence-electron chi connectivity index (χ4n) is 3.07. The van der Waals surface area contributed by atoms with E-state index in [2.05, 4.69) is 9.97 Å². The van der Waals surface area contributed by atoms with Crippen molar-refractivity contribution in [2.75, 3.05) is 13.2 Å². The first-order valence-corrected chi connectivity index (χ1v) is 10.4. The molecule has 0 aliphatic rings. The molecule has 31 heavy (non-hydrogen) atoms. The van der Waals surface area contributed by atoms with Crippen LogP contribution in [0.25, 0.3) is 11.3 Å². The monoisotopic (exact) mass is 459 g/mol. The standard InChI is InChI=1S/C23H23Cl2N3O3/c1-23(2,22(29)30)16-5-3-4-14(8-16)20-10-21(28-13-27-20)31-12-15(11-26)18-7-6-17(24)9-19(18)25/h3-10,13,15H,11-12,26H2,1-2H3,(H,29,30). The number of carbonyl (C=O) groups is 1. The molecule has 0 fully saturated rings. The zero-order valence-electron chi connectivity index (χ0n) is 17.2. The smallest absolute Gasteiger partial charge is 0.313 e. The second-order valence-electron chi connectivity index (χ2n) is 7.66. The zero-order chi connectivity index (χ0) is 22.6. The summed E-state index contributed by atoms with van der Waals surface area (Å²) in [6.45, 7) is 3.95. The van der Waals surface area contributed by atoms with E-state index in [1.165, 1.54) is 6.33 Å². The minimum Gasteiger partial charge on any atom is -0.481 e. The van der Waals surface area contributed by atoms with E-state index in [0.717, 1.165) is 11.1 Å². The van der Waals surface area contributed by atoms with Crippen LogP contribution < -0.4 is 10.5 Å². The van der Waals surface area contributed by atoms with Crippen molar-refractivity contribution in [3.05, 3.63) is 76.0 Å². The largest absolute Gasteiger partial charge is 0.481 e. The molecular weight excluding hydrogens is 437 g/mol. The summed E-state index contributed by atoms with van der Waals surface area (Å²) in [5.41, 5.74) is 7.84. The topological polar surface area (TPSA) is 98.3 Å². The average molecular weight is 460 g/mol. The van der Waals surface area contributed by atoms with Gasteiger partial charge in [-0.05, 0) is 43.2 Å². The van der Waals surface area contributed by atoms with Gasteiger partial charge in [-0.25, -0.2) is 9.97 Å². The van der Waals surface area contributed by atoms with Crippen LogP contribution in [0.15, 0.2) is 54.9 Å². The van der Waals surface area contributed by atoms with Crippen LogP contribution in [-0.4, -0.2) is 34.2 Å². The predicted octanol–water partition coefficient (Wildman–Crippen LogP) is 4.93. The molecule has 1 atom stereocenters. The minimum absolute atomic E-state index is 0.136. The van der Waals surface area contributed by atoms with Gasteiger partial charge >= 0.3 is 5.97 Å². The molecule has 0 radical (unpaired) electrons. The molecule has 3 N–H and O–H groups in total. The average Bonchev–Trinajstić information content (AvgIpc) is 2.75. The number of aliphatic carboxylic acids is 1. The third kappa shape index (κ3) is 5.34. The van der Waals surface area contributed by atoms with E-state index in [1.54, 1.807) is 38.1 Å². The lowest BCUT2D eigenvalue weighted by Crippen LogP contribution is -2.28. The van der Waals surface area contributed by atoms with Gasteiger partial charge in [-0.1, -0.05) is 47.5 Å². The number of carboxylic acids is 1. The van der Waals surface area contributed by atoms with E-state index in [-0.39, 0.29) is 12.5 Å². The first kappa shape index (κ1) is 23.0.